The van der Waals surface area contributed by atoms with Gasteiger partial charge in [-0.1, -0.05) is 11.6 Å². The molecule has 0 aromatic heterocycles. The average molecular weight is 436 g/mol. The number of anilines is 1. The van der Waals surface area contributed by atoms with Crippen molar-refractivity contribution in [1.82, 2.24) is 0 Å². The molecule has 0 N–H and O–H groups in total. The lowest BCUT2D eigenvalue weighted by Gasteiger charge is -2.28. The van der Waals surface area contributed by atoms with Gasteiger partial charge in [0.1, 0.15) is 0 Å². The van der Waals surface area contributed by atoms with Crippen LogP contribution in [0, 0.1) is 0 Å². The second-order valence-corrected chi connectivity index (χ2v) is 8.77. The molecule has 6 nitrogen and oxygen atoms in total. The Morgan fingerprint density at radius 3 is 2.31 bits per heavy atom. The van der Waals surface area contributed by atoms with Gasteiger partial charge in [0, 0.05) is 21.7 Å². The highest BCUT2D eigenvalue weighted by molar-refractivity contribution is 7.94. The molecule has 154 valence electrons. The molecule has 0 saturated carbocycles. The van der Waals surface area contributed by atoms with Gasteiger partial charge in [-0.15, -0.1) is 0 Å². The molecule has 3 rings (SSSR count). The number of amides is 1. The van der Waals surface area contributed by atoms with Crippen LogP contribution in [-0.4, -0.2) is 39.3 Å². The first-order valence-corrected chi connectivity index (χ1v) is 11.3. The fraction of sp³-hybridized carbons (Fsp3) is 0.286. The molecule has 1 unspecified atom stereocenters. The number of halogens is 1. The Hall–Kier alpha value is -2.51. The minimum Gasteiger partial charge on any atom is -0.490 e. The van der Waals surface area contributed by atoms with Crippen LogP contribution < -0.4 is 14.4 Å². The van der Waals surface area contributed by atoms with Crippen LogP contribution in [0.3, 0.4) is 0 Å². The number of ether oxygens (including phenoxy) is 2. The van der Waals surface area contributed by atoms with Gasteiger partial charge in [-0.25, -0.2) is 8.42 Å². The van der Waals surface area contributed by atoms with Gasteiger partial charge >= 0.3 is 0 Å². The zero-order chi connectivity index (χ0) is 21.0. The van der Waals surface area contributed by atoms with Crippen LogP contribution >= 0.6 is 11.6 Å². The van der Waals surface area contributed by atoms with Crippen LogP contribution in [0.15, 0.2) is 53.9 Å². The second-order valence-electron chi connectivity index (χ2n) is 6.40. The molecule has 29 heavy (non-hydrogen) atoms. The molecule has 1 aliphatic rings. The zero-order valence-electron chi connectivity index (χ0n) is 16.2. The maximum absolute atomic E-state index is 13.4. The lowest BCUT2D eigenvalue weighted by atomic mass is 10.1. The summed E-state index contributed by atoms with van der Waals surface area (Å²) < 4.78 is 35.1. The van der Waals surface area contributed by atoms with Gasteiger partial charge in [-0.05, 0) is 62.4 Å². The standard InChI is InChI=1S/C21H22ClNO5S/c1-3-27-19-10-5-15(13-20(19)28-4-2)21(24)23(17-8-6-16(22)7-9-17)18-11-12-29(25,26)14-18/h5-13,18H,3-4,14H2,1-2H3. The summed E-state index contributed by atoms with van der Waals surface area (Å²) in [5.41, 5.74) is 0.919. The van der Waals surface area contributed by atoms with Crippen LogP contribution in [0.5, 0.6) is 11.5 Å². The monoisotopic (exact) mass is 435 g/mol. The van der Waals surface area contributed by atoms with E-state index in [-0.39, 0.29) is 11.7 Å². The van der Waals surface area contributed by atoms with Gasteiger partial charge in [0.2, 0.25) is 0 Å². The summed E-state index contributed by atoms with van der Waals surface area (Å²) in [7, 11) is -3.35. The molecule has 2 aromatic carbocycles. The van der Waals surface area contributed by atoms with Gasteiger partial charge in [-0.2, -0.15) is 0 Å². The van der Waals surface area contributed by atoms with Crippen molar-refractivity contribution in [2.24, 2.45) is 0 Å². The highest BCUT2D eigenvalue weighted by Crippen LogP contribution is 2.31. The Balaban J connectivity index is 2.01. The van der Waals surface area contributed by atoms with Crippen molar-refractivity contribution in [2.45, 2.75) is 19.9 Å². The van der Waals surface area contributed by atoms with Crippen molar-refractivity contribution in [3.63, 3.8) is 0 Å². The number of rotatable bonds is 7. The molecule has 8 heteroatoms. The molecule has 1 aliphatic heterocycles. The first-order chi connectivity index (χ1) is 13.8. The topological polar surface area (TPSA) is 72.9 Å². The first kappa shape index (κ1) is 21.2. The van der Waals surface area contributed by atoms with Crippen molar-refractivity contribution in [1.29, 1.82) is 0 Å². The average Bonchev–Trinajstić information content (AvgIpc) is 3.04. The molecule has 0 spiro atoms. The first-order valence-electron chi connectivity index (χ1n) is 9.24. The van der Waals surface area contributed by atoms with Crippen molar-refractivity contribution in [3.05, 3.63) is 64.5 Å². The van der Waals surface area contributed by atoms with Crippen molar-refractivity contribution in [2.75, 3.05) is 23.9 Å². The van der Waals surface area contributed by atoms with Crippen LogP contribution in [-0.2, 0) is 9.84 Å². The van der Waals surface area contributed by atoms with E-state index in [0.29, 0.717) is 41.0 Å². The van der Waals surface area contributed by atoms with Crippen LogP contribution in [0.4, 0.5) is 5.69 Å². The van der Waals surface area contributed by atoms with Crippen LogP contribution in [0.2, 0.25) is 5.02 Å². The SMILES string of the molecule is CCOc1ccc(C(=O)N(c2ccc(Cl)cc2)C2C=CS(=O)(=O)C2)cc1OCC. The lowest BCUT2D eigenvalue weighted by Crippen LogP contribution is -2.41. The Kier molecular flexibility index (Phi) is 6.49. The number of carbonyl (C=O) groups is 1. The summed E-state index contributed by atoms with van der Waals surface area (Å²) in [6.45, 7) is 4.60. The summed E-state index contributed by atoms with van der Waals surface area (Å²) in [4.78, 5) is 14.9. The number of carbonyl (C=O) groups excluding carboxylic acids is 1. The third-order valence-corrected chi connectivity index (χ3v) is 5.99. The highest BCUT2D eigenvalue weighted by Gasteiger charge is 2.32. The van der Waals surface area contributed by atoms with Gasteiger partial charge in [-0.3, -0.25) is 4.79 Å². The summed E-state index contributed by atoms with van der Waals surface area (Å²) in [6, 6.07) is 11.0. The Labute approximate surface area is 175 Å². The molecular formula is C21H22ClNO5S. The molecule has 2 aromatic rings. The van der Waals surface area contributed by atoms with Crippen molar-refractivity contribution < 1.29 is 22.7 Å². The molecule has 0 bridgehead atoms. The normalized spacial score (nSPS) is 17.1. The van der Waals surface area contributed by atoms with E-state index < -0.39 is 15.9 Å². The molecule has 0 saturated heterocycles. The molecule has 0 fully saturated rings. The number of hydrogen-bond donors (Lipinski definition) is 0. The maximum Gasteiger partial charge on any atom is 0.258 e. The number of nitrogens with zero attached hydrogens (tertiary/aromatic N) is 1. The van der Waals surface area contributed by atoms with Crippen LogP contribution in [0.25, 0.3) is 0 Å². The summed E-state index contributed by atoms with van der Waals surface area (Å²) >= 11 is 5.98. The predicted octanol–water partition coefficient (Wildman–Crippen LogP) is 4.09. The van der Waals surface area contributed by atoms with Crippen LogP contribution in [0.1, 0.15) is 24.2 Å². The van der Waals surface area contributed by atoms with E-state index in [9.17, 15) is 13.2 Å². The number of hydrogen-bond acceptors (Lipinski definition) is 5. The molecule has 0 aliphatic carbocycles. The van der Waals surface area contributed by atoms with E-state index >= 15 is 0 Å². The Morgan fingerprint density at radius 1 is 1.07 bits per heavy atom. The predicted molar refractivity (Wildman–Crippen MR) is 114 cm³/mol. The maximum atomic E-state index is 13.4. The summed E-state index contributed by atoms with van der Waals surface area (Å²) in [5.74, 6) is 0.498. The highest BCUT2D eigenvalue weighted by atomic mass is 35.5. The minimum absolute atomic E-state index is 0.170. The largest absolute Gasteiger partial charge is 0.490 e. The number of sulfone groups is 1. The molecule has 0 radical (unpaired) electrons. The van der Waals surface area contributed by atoms with E-state index in [4.69, 9.17) is 21.1 Å². The lowest BCUT2D eigenvalue weighted by molar-refractivity contribution is 0.0982. The summed E-state index contributed by atoms with van der Waals surface area (Å²) in [6.07, 6.45) is 1.53. The van der Waals surface area contributed by atoms with Crippen molar-refractivity contribution in [3.8, 4) is 11.5 Å². The van der Waals surface area contributed by atoms with E-state index in [1.54, 1.807) is 42.5 Å². The molecule has 1 amide bonds. The smallest absolute Gasteiger partial charge is 0.258 e. The quantitative estimate of drug-likeness (QED) is 0.654. The number of benzene rings is 2. The van der Waals surface area contributed by atoms with E-state index in [1.165, 1.54) is 11.0 Å². The van der Waals surface area contributed by atoms with E-state index in [2.05, 4.69) is 0 Å². The Bertz CT molecular complexity index is 1020. The minimum atomic E-state index is -3.35. The zero-order valence-corrected chi connectivity index (χ0v) is 17.7. The van der Waals surface area contributed by atoms with E-state index in [1.807, 2.05) is 13.8 Å². The fourth-order valence-electron chi connectivity index (χ4n) is 3.10. The molecular weight excluding hydrogens is 414 g/mol. The van der Waals surface area contributed by atoms with Gasteiger partial charge in [0.15, 0.2) is 21.3 Å². The van der Waals surface area contributed by atoms with Gasteiger partial charge in [0.25, 0.3) is 5.91 Å². The van der Waals surface area contributed by atoms with Crippen molar-refractivity contribution >= 4 is 33.0 Å². The molecule has 1 heterocycles. The Morgan fingerprint density at radius 2 is 1.72 bits per heavy atom. The second kappa shape index (κ2) is 8.88. The van der Waals surface area contributed by atoms with Gasteiger partial charge < -0.3 is 14.4 Å². The molecule has 1 atom stereocenters. The third kappa shape index (κ3) is 4.92. The summed E-state index contributed by atoms with van der Waals surface area (Å²) in [5, 5.41) is 1.67. The van der Waals surface area contributed by atoms with E-state index in [0.717, 1.165) is 5.41 Å². The fourth-order valence-corrected chi connectivity index (χ4v) is 4.50. The van der Waals surface area contributed by atoms with Gasteiger partial charge in [0.05, 0.1) is 25.0 Å². The third-order valence-electron chi connectivity index (χ3n) is 4.36.